The quantitative estimate of drug-likeness (QED) is 0.302. The summed E-state index contributed by atoms with van der Waals surface area (Å²) in [5.74, 6) is -1.88. The van der Waals surface area contributed by atoms with E-state index in [9.17, 15) is 22.8 Å². The lowest BCUT2D eigenvalue weighted by Gasteiger charge is -2.32. The van der Waals surface area contributed by atoms with Gasteiger partial charge in [0.15, 0.2) is 0 Å². The number of carbonyl (C=O) groups excluding carboxylic acids is 3. The molecule has 1 heterocycles. The topological polar surface area (TPSA) is 101 Å². The van der Waals surface area contributed by atoms with Gasteiger partial charge in [0, 0.05) is 11.1 Å². The van der Waals surface area contributed by atoms with Crippen LogP contribution in [0.15, 0.2) is 77.7 Å². The van der Waals surface area contributed by atoms with Gasteiger partial charge in [0.2, 0.25) is 15.9 Å². The van der Waals surface area contributed by atoms with Crippen LogP contribution in [0.5, 0.6) is 0 Å². The molecule has 0 saturated carbocycles. The Hall–Kier alpha value is -3.24. The maximum atomic E-state index is 14.0. The fourth-order valence-corrected chi connectivity index (χ4v) is 6.77. The van der Waals surface area contributed by atoms with E-state index in [1.807, 2.05) is 0 Å². The van der Waals surface area contributed by atoms with Crippen LogP contribution in [0.1, 0.15) is 35.3 Å². The molecule has 1 saturated heterocycles. The van der Waals surface area contributed by atoms with E-state index in [2.05, 4.69) is 4.74 Å². The summed E-state index contributed by atoms with van der Waals surface area (Å²) in [6, 6.07) is 16.3. The molecule has 0 spiro atoms. The van der Waals surface area contributed by atoms with Gasteiger partial charge < -0.3 is 4.74 Å². The SMILES string of the molecule is COC(=O)c1ccc(N2C(=O)CC(N(C(C)c3ccccc3)S(=O)(=O)c3cc(Cl)ccc3Cl)C2=O)cc1. The number of carbonyl (C=O) groups is 3. The number of methoxy groups -OCH3 is 1. The van der Waals surface area contributed by atoms with E-state index < -0.39 is 39.9 Å². The first-order valence-electron chi connectivity index (χ1n) is 11.1. The number of sulfonamides is 1. The smallest absolute Gasteiger partial charge is 0.337 e. The number of amides is 2. The van der Waals surface area contributed by atoms with Crippen LogP contribution in [0.2, 0.25) is 10.0 Å². The number of esters is 1. The Morgan fingerprint density at radius 2 is 1.68 bits per heavy atom. The molecular formula is C26H22Cl2N2O6S. The van der Waals surface area contributed by atoms with Crippen LogP contribution in [-0.4, -0.2) is 43.7 Å². The molecule has 1 aliphatic heterocycles. The van der Waals surface area contributed by atoms with Crippen molar-refractivity contribution in [2.24, 2.45) is 0 Å². The minimum atomic E-state index is -4.41. The second kappa shape index (κ2) is 10.6. The molecule has 1 fully saturated rings. The van der Waals surface area contributed by atoms with E-state index in [0.29, 0.717) is 5.56 Å². The molecule has 2 unspecified atom stereocenters. The van der Waals surface area contributed by atoms with E-state index >= 15 is 0 Å². The van der Waals surface area contributed by atoms with Crippen molar-refractivity contribution in [2.75, 3.05) is 12.0 Å². The number of benzene rings is 3. The molecule has 0 bridgehead atoms. The molecule has 4 rings (SSSR count). The largest absolute Gasteiger partial charge is 0.465 e. The lowest BCUT2D eigenvalue weighted by molar-refractivity contribution is -0.122. The minimum absolute atomic E-state index is 0.0679. The van der Waals surface area contributed by atoms with Crippen molar-refractivity contribution in [1.82, 2.24) is 4.31 Å². The van der Waals surface area contributed by atoms with Gasteiger partial charge in [-0.05, 0) is 55.0 Å². The molecule has 1 aliphatic rings. The average Bonchev–Trinajstić information content (AvgIpc) is 3.18. The molecule has 3 aromatic carbocycles. The minimum Gasteiger partial charge on any atom is -0.465 e. The molecule has 2 amide bonds. The van der Waals surface area contributed by atoms with Crippen LogP contribution in [0.4, 0.5) is 5.69 Å². The summed E-state index contributed by atoms with van der Waals surface area (Å²) in [6.07, 6.45) is -0.383. The highest BCUT2D eigenvalue weighted by Crippen LogP contribution is 2.38. The Morgan fingerprint density at radius 3 is 2.30 bits per heavy atom. The molecule has 3 aromatic rings. The summed E-state index contributed by atoms with van der Waals surface area (Å²) in [5, 5.41) is 0.0816. The van der Waals surface area contributed by atoms with Gasteiger partial charge >= 0.3 is 5.97 Å². The van der Waals surface area contributed by atoms with Gasteiger partial charge in [-0.3, -0.25) is 9.59 Å². The van der Waals surface area contributed by atoms with Crippen molar-refractivity contribution in [2.45, 2.75) is 30.3 Å². The first kappa shape index (κ1) is 26.8. The van der Waals surface area contributed by atoms with Crippen molar-refractivity contribution in [1.29, 1.82) is 0 Å². The maximum Gasteiger partial charge on any atom is 0.337 e. The molecule has 0 aromatic heterocycles. The van der Waals surface area contributed by atoms with Crippen molar-refractivity contribution in [3.05, 3.63) is 94.0 Å². The monoisotopic (exact) mass is 560 g/mol. The van der Waals surface area contributed by atoms with Gasteiger partial charge in [-0.2, -0.15) is 4.31 Å². The fraction of sp³-hybridized carbons (Fsp3) is 0.192. The number of hydrogen-bond acceptors (Lipinski definition) is 6. The Bertz CT molecular complexity index is 1460. The Labute approximate surface area is 224 Å². The summed E-state index contributed by atoms with van der Waals surface area (Å²) in [4.78, 5) is 39.1. The number of imide groups is 1. The fourth-order valence-electron chi connectivity index (χ4n) is 4.26. The van der Waals surface area contributed by atoms with Crippen LogP contribution in [-0.2, 0) is 24.3 Å². The molecule has 0 N–H and O–H groups in total. The van der Waals surface area contributed by atoms with Gasteiger partial charge in [0.1, 0.15) is 10.9 Å². The molecule has 0 aliphatic carbocycles. The van der Waals surface area contributed by atoms with E-state index in [-0.39, 0.29) is 32.6 Å². The summed E-state index contributed by atoms with van der Waals surface area (Å²) in [5.41, 5.74) is 1.06. The van der Waals surface area contributed by atoms with E-state index in [1.165, 1.54) is 49.6 Å². The highest BCUT2D eigenvalue weighted by Gasteiger charge is 2.49. The number of rotatable bonds is 7. The summed E-state index contributed by atoms with van der Waals surface area (Å²) < 4.78 is 33.7. The number of nitrogens with zero attached hydrogens (tertiary/aromatic N) is 2. The van der Waals surface area contributed by atoms with E-state index in [4.69, 9.17) is 23.2 Å². The van der Waals surface area contributed by atoms with Crippen LogP contribution in [0, 0.1) is 0 Å². The number of hydrogen-bond donors (Lipinski definition) is 0. The molecule has 37 heavy (non-hydrogen) atoms. The molecular weight excluding hydrogens is 539 g/mol. The van der Waals surface area contributed by atoms with Crippen LogP contribution < -0.4 is 4.90 Å². The van der Waals surface area contributed by atoms with Gasteiger partial charge in [-0.15, -0.1) is 0 Å². The van der Waals surface area contributed by atoms with Crippen molar-refractivity contribution in [3.63, 3.8) is 0 Å². The zero-order valence-corrected chi connectivity index (χ0v) is 22.1. The highest BCUT2D eigenvalue weighted by atomic mass is 35.5. The zero-order valence-electron chi connectivity index (χ0n) is 19.8. The van der Waals surface area contributed by atoms with Gasteiger partial charge in [0.25, 0.3) is 5.91 Å². The summed E-state index contributed by atoms with van der Waals surface area (Å²) >= 11 is 12.3. The van der Waals surface area contributed by atoms with Gasteiger partial charge in [0.05, 0.1) is 29.8 Å². The Morgan fingerprint density at radius 1 is 1.03 bits per heavy atom. The molecule has 11 heteroatoms. The van der Waals surface area contributed by atoms with Crippen LogP contribution in [0.25, 0.3) is 0 Å². The average molecular weight is 561 g/mol. The second-order valence-electron chi connectivity index (χ2n) is 8.32. The maximum absolute atomic E-state index is 14.0. The first-order valence-corrected chi connectivity index (χ1v) is 13.3. The molecule has 0 radical (unpaired) electrons. The Balaban J connectivity index is 1.79. The number of anilines is 1. The third kappa shape index (κ3) is 5.13. The summed E-state index contributed by atoms with van der Waals surface area (Å²) in [6.45, 7) is 1.64. The van der Waals surface area contributed by atoms with Crippen molar-refractivity contribution < 1.29 is 27.5 Å². The molecule has 192 valence electrons. The van der Waals surface area contributed by atoms with Crippen molar-refractivity contribution in [3.8, 4) is 0 Å². The molecule has 2 atom stereocenters. The van der Waals surface area contributed by atoms with Crippen molar-refractivity contribution >= 4 is 56.7 Å². The highest BCUT2D eigenvalue weighted by molar-refractivity contribution is 7.89. The summed E-state index contributed by atoms with van der Waals surface area (Å²) in [7, 11) is -3.17. The third-order valence-corrected chi connectivity index (χ3v) is 8.79. The van der Waals surface area contributed by atoms with Gasteiger partial charge in [-0.25, -0.2) is 18.1 Å². The normalized spacial score (nSPS) is 16.8. The lowest BCUT2D eigenvalue weighted by Crippen LogP contribution is -2.46. The molecule has 8 nitrogen and oxygen atoms in total. The second-order valence-corrected chi connectivity index (χ2v) is 11.0. The lowest BCUT2D eigenvalue weighted by atomic mass is 10.1. The van der Waals surface area contributed by atoms with Crippen LogP contribution >= 0.6 is 23.2 Å². The number of ether oxygens (including phenoxy) is 1. The van der Waals surface area contributed by atoms with E-state index in [0.717, 1.165) is 9.21 Å². The first-order chi connectivity index (χ1) is 17.6. The third-order valence-electron chi connectivity index (χ3n) is 6.09. The zero-order chi connectivity index (χ0) is 26.9. The van der Waals surface area contributed by atoms with Gasteiger partial charge in [-0.1, -0.05) is 53.5 Å². The predicted molar refractivity (Wildman–Crippen MR) is 139 cm³/mol. The van der Waals surface area contributed by atoms with E-state index in [1.54, 1.807) is 37.3 Å². The standard InChI is InChI=1S/C26H22Cl2N2O6S/c1-16(17-6-4-3-5-7-17)30(37(34,35)23-14-19(27)10-13-21(23)28)22-15-24(31)29(25(22)32)20-11-8-18(9-12-20)26(33)36-2/h3-14,16,22H,15H2,1-2H3. The number of halogens is 2. The Kier molecular flexibility index (Phi) is 7.70. The van der Waals surface area contributed by atoms with Crippen LogP contribution in [0.3, 0.4) is 0 Å². The predicted octanol–water partition coefficient (Wildman–Crippen LogP) is 4.86.